The zero-order chi connectivity index (χ0) is 14.3. The monoisotopic (exact) mass is 323 g/mol. The van der Waals surface area contributed by atoms with Crippen molar-refractivity contribution in [2.75, 3.05) is 20.5 Å². The van der Waals surface area contributed by atoms with E-state index in [2.05, 4.69) is 4.74 Å². The molecular formula is C8H12Cl3NO6. The van der Waals surface area contributed by atoms with Crippen molar-refractivity contribution in [2.24, 2.45) is 0 Å². The number of carboxylic acid groups (broad SMARTS) is 1. The van der Waals surface area contributed by atoms with Crippen molar-refractivity contribution >= 4 is 46.7 Å². The van der Waals surface area contributed by atoms with Crippen LogP contribution in [0.4, 0.5) is 0 Å². The normalized spacial score (nSPS) is 14.9. The summed E-state index contributed by atoms with van der Waals surface area (Å²) in [6.07, 6.45) is -1.24. The summed E-state index contributed by atoms with van der Waals surface area (Å²) >= 11 is 15.8. The smallest absolute Gasteiger partial charge is 0.329 e. The van der Waals surface area contributed by atoms with Crippen molar-refractivity contribution < 1.29 is 29.3 Å². The predicted octanol–water partition coefficient (Wildman–Crippen LogP) is -0.0926. The zero-order valence-corrected chi connectivity index (χ0v) is 11.5. The third-order valence-electron chi connectivity index (χ3n) is 1.76. The molecule has 0 aliphatic rings. The molecule has 0 aliphatic carbocycles. The van der Waals surface area contributed by atoms with Gasteiger partial charge in [0, 0.05) is 7.11 Å². The van der Waals surface area contributed by atoms with Crippen molar-refractivity contribution in [3.05, 3.63) is 0 Å². The lowest BCUT2D eigenvalue weighted by atomic mass is 10.1. The van der Waals surface area contributed by atoms with Crippen molar-refractivity contribution in [1.82, 2.24) is 5.32 Å². The number of aliphatic hydroxyl groups is 1. The van der Waals surface area contributed by atoms with Crippen LogP contribution in [0.2, 0.25) is 0 Å². The molecule has 1 amide bonds. The summed E-state index contributed by atoms with van der Waals surface area (Å²) in [6.45, 7) is -0.931. The third-order valence-corrected chi connectivity index (χ3v) is 2.28. The quantitative estimate of drug-likeness (QED) is 0.446. The van der Waals surface area contributed by atoms with Gasteiger partial charge in [-0.2, -0.15) is 0 Å². The first-order chi connectivity index (χ1) is 8.23. The number of methoxy groups -OCH3 is 1. The van der Waals surface area contributed by atoms with Gasteiger partial charge in [-0.05, 0) is 0 Å². The van der Waals surface area contributed by atoms with Gasteiger partial charge in [0.1, 0.15) is 12.9 Å². The topological polar surface area (TPSA) is 105 Å². The van der Waals surface area contributed by atoms with Crippen molar-refractivity contribution in [3.8, 4) is 0 Å². The highest BCUT2D eigenvalue weighted by Crippen LogP contribution is 2.26. The number of hydrogen-bond acceptors (Lipinski definition) is 5. The standard InChI is InChI=1S/C8H12Cl3NO6/c1-17-3-18-4(2-13)5(6(14)15)12-7(16)8(9,10)11/h4-5,13H,2-3H2,1H3,(H,12,16)(H,14,15)/t4-,5-/m1/s1. The van der Waals surface area contributed by atoms with Gasteiger partial charge < -0.3 is 25.0 Å². The lowest BCUT2D eigenvalue weighted by Gasteiger charge is -2.24. The number of carbonyl (C=O) groups is 2. The van der Waals surface area contributed by atoms with Crippen LogP contribution in [0.1, 0.15) is 0 Å². The van der Waals surface area contributed by atoms with E-state index in [1.807, 2.05) is 5.32 Å². The molecule has 10 heteroatoms. The molecule has 0 unspecified atom stereocenters. The van der Waals surface area contributed by atoms with Crippen molar-refractivity contribution in [2.45, 2.75) is 15.9 Å². The highest BCUT2D eigenvalue weighted by molar-refractivity contribution is 6.76. The van der Waals surface area contributed by atoms with Gasteiger partial charge >= 0.3 is 5.97 Å². The Bertz CT molecular complexity index is 295. The van der Waals surface area contributed by atoms with E-state index in [1.54, 1.807) is 0 Å². The van der Waals surface area contributed by atoms with Gasteiger partial charge in [-0.15, -0.1) is 0 Å². The molecule has 3 N–H and O–H groups in total. The molecule has 0 bridgehead atoms. The van der Waals surface area contributed by atoms with E-state index >= 15 is 0 Å². The SMILES string of the molecule is COCO[C@H](CO)[C@@H](NC(=O)C(Cl)(Cl)Cl)C(=O)O. The van der Waals surface area contributed by atoms with E-state index in [-0.39, 0.29) is 6.79 Å². The van der Waals surface area contributed by atoms with Gasteiger partial charge in [0.2, 0.25) is 0 Å². The van der Waals surface area contributed by atoms with Gasteiger partial charge in [0.25, 0.3) is 9.70 Å². The maximum Gasteiger partial charge on any atom is 0.329 e. The average Bonchev–Trinajstić information content (AvgIpc) is 2.26. The maximum absolute atomic E-state index is 11.3. The summed E-state index contributed by atoms with van der Waals surface area (Å²) in [6, 6.07) is -1.58. The number of aliphatic hydroxyl groups excluding tert-OH is 1. The molecule has 7 nitrogen and oxygen atoms in total. The van der Waals surface area contributed by atoms with Crippen LogP contribution in [0.5, 0.6) is 0 Å². The molecule has 0 aromatic carbocycles. The number of carboxylic acids is 1. The Balaban J connectivity index is 4.73. The van der Waals surface area contributed by atoms with Gasteiger partial charge in [-0.25, -0.2) is 4.79 Å². The minimum Gasteiger partial charge on any atom is -0.480 e. The van der Waals surface area contributed by atoms with Gasteiger partial charge in [0.15, 0.2) is 6.04 Å². The summed E-state index contributed by atoms with van der Waals surface area (Å²) < 4.78 is 7.13. The number of carbonyl (C=O) groups excluding carboxylic acids is 1. The molecule has 0 saturated carbocycles. The number of hydrogen-bond donors (Lipinski definition) is 3. The van der Waals surface area contributed by atoms with Crippen LogP contribution in [0.3, 0.4) is 0 Å². The Labute approximate surface area is 118 Å². The van der Waals surface area contributed by atoms with Gasteiger partial charge in [-0.1, -0.05) is 34.8 Å². The number of aliphatic carboxylic acids is 1. The summed E-state index contributed by atoms with van der Waals surface area (Å²) in [5, 5.41) is 19.8. The minimum atomic E-state index is -2.31. The van der Waals surface area contributed by atoms with Gasteiger partial charge in [0.05, 0.1) is 6.61 Å². The Morgan fingerprint density at radius 1 is 1.39 bits per heavy atom. The second kappa shape index (κ2) is 7.98. The van der Waals surface area contributed by atoms with E-state index in [9.17, 15) is 9.59 Å². The van der Waals surface area contributed by atoms with Crippen LogP contribution in [0.25, 0.3) is 0 Å². The predicted molar refractivity (Wildman–Crippen MR) is 63.7 cm³/mol. The number of rotatable bonds is 7. The number of ether oxygens (including phenoxy) is 2. The molecule has 106 valence electrons. The first kappa shape index (κ1) is 17.7. The fraction of sp³-hybridized carbons (Fsp3) is 0.750. The Kier molecular flexibility index (Phi) is 7.84. The summed E-state index contributed by atoms with van der Waals surface area (Å²) in [7, 11) is 1.31. The minimum absolute atomic E-state index is 0.265. The molecule has 0 rings (SSSR count). The summed E-state index contributed by atoms with van der Waals surface area (Å²) in [5.74, 6) is -2.59. The first-order valence-electron chi connectivity index (χ1n) is 4.56. The highest BCUT2D eigenvalue weighted by atomic mass is 35.6. The average molecular weight is 325 g/mol. The summed E-state index contributed by atoms with van der Waals surface area (Å²) in [4.78, 5) is 22.3. The van der Waals surface area contributed by atoms with Crippen LogP contribution in [0, 0.1) is 0 Å². The maximum atomic E-state index is 11.3. The molecule has 2 atom stereocenters. The second-order valence-corrected chi connectivity index (χ2v) is 5.36. The molecule has 0 fully saturated rings. The lowest BCUT2D eigenvalue weighted by molar-refractivity contribution is -0.153. The number of alkyl halides is 3. The van der Waals surface area contributed by atoms with E-state index in [4.69, 9.17) is 49.8 Å². The van der Waals surface area contributed by atoms with Crippen LogP contribution >= 0.6 is 34.8 Å². The third kappa shape index (κ3) is 6.03. The highest BCUT2D eigenvalue weighted by Gasteiger charge is 2.37. The van der Waals surface area contributed by atoms with E-state index in [0.29, 0.717) is 0 Å². The number of halogens is 3. The first-order valence-corrected chi connectivity index (χ1v) is 5.69. The molecule has 0 aliphatic heterocycles. The Hall–Kier alpha value is -0.310. The number of nitrogens with one attached hydrogen (secondary N) is 1. The lowest BCUT2D eigenvalue weighted by Crippen LogP contribution is -2.54. The Morgan fingerprint density at radius 2 is 1.94 bits per heavy atom. The molecule has 18 heavy (non-hydrogen) atoms. The molecular weight excluding hydrogens is 312 g/mol. The van der Waals surface area contributed by atoms with Crippen LogP contribution in [-0.2, 0) is 19.1 Å². The number of amides is 1. The zero-order valence-electron chi connectivity index (χ0n) is 9.23. The molecule has 0 spiro atoms. The Morgan fingerprint density at radius 3 is 2.28 bits per heavy atom. The van der Waals surface area contributed by atoms with Crippen LogP contribution in [-0.4, -0.2) is 58.5 Å². The van der Waals surface area contributed by atoms with Crippen LogP contribution in [0.15, 0.2) is 0 Å². The van der Waals surface area contributed by atoms with Gasteiger partial charge in [-0.3, -0.25) is 4.79 Å². The van der Waals surface area contributed by atoms with Crippen LogP contribution < -0.4 is 5.32 Å². The molecule has 0 radical (unpaired) electrons. The fourth-order valence-corrected chi connectivity index (χ4v) is 1.11. The molecule has 0 aromatic rings. The van der Waals surface area contributed by atoms with Crippen molar-refractivity contribution in [1.29, 1.82) is 0 Å². The fourth-order valence-electron chi connectivity index (χ4n) is 0.947. The molecule has 0 heterocycles. The van der Waals surface area contributed by atoms with Crippen molar-refractivity contribution in [3.63, 3.8) is 0 Å². The van der Waals surface area contributed by atoms with E-state index in [1.165, 1.54) is 7.11 Å². The molecule has 0 saturated heterocycles. The largest absolute Gasteiger partial charge is 0.480 e. The molecule has 0 aromatic heterocycles. The second-order valence-electron chi connectivity index (χ2n) is 3.08. The van der Waals surface area contributed by atoms with E-state index in [0.717, 1.165) is 0 Å². The summed E-state index contributed by atoms with van der Waals surface area (Å²) in [5.41, 5.74) is 0. The van der Waals surface area contributed by atoms with E-state index < -0.39 is 34.4 Å².